The van der Waals surface area contributed by atoms with Gasteiger partial charge in [-0.05, 0) is 135 Å². The van der Waals surface area contributed by atoms with Crippen LogP contribution in [0.5, 0.6) is 0 Å². The third-order valence-electron chi connectivity index (χ3n) is 11.4. The minimum Gasteiger partial charge on any atom is -0.310 e. The van der Waals surface area contributed by atoms with Gasteiger partial charge in [-0.25, -0.2) is 0 Å². The summed E-state index contributed by atoms with van der Waals surface area (Å²) < 4.78 is 0. The van der Waals surface area contributed by atoms with Crippen molar-refractivity contribution >= 4 is 81.7 Å². The molecule has 0 spiro atoms. The minimum atomic E-state index is 1.11. The highest BCUT2D eigenvalue weighted by atomic mass is 15.1. The molecule has 0 saturated carbocycles. The maximum atomic E-state index is 2.42. The van der Waals surface area contributed by atoms with Crippen LogP contribution in [0.15, 0.2) is 212 Å². The van der Waals surface area contributed by atoms with E-state index in [-0.39, 0.29) is 0 Å². The highest BCUT2D eigenvalue weighted by molar-refractivity contribution is 6.26. The largest absolute Gasteiger partial charge is 0.310 e. The lowest BCUT2D eigenvalue weighted by Gasteiger charge is -2.26. The van der Waals surface area contributed by atoms with Crippen molar-refractivity contribution in [3.63, 3.8) is 0 Å². The molecule has 11 aromatic rings. The van der Waals surface area contributed by atoms with E-state index in [9.17, 15) is 0 Å². The van der Waals surface area contributed by atoms with Crippen molar-refractivity contribution in [1.82, 2.24) is 0 Å². The van der Waals surface area contributed by atoms with Crippen molar-refractivity contribution in [3.05, 3.63) is 212 Å². The number of nitrogens with zero attached hydrogens (tertiary/aromatic N) is 1. The van der Waals surface area contributed by atoms with Gasteiger partial charge < -0.3 is 4.90 Å². The van der Waals surface area contributed by atoms with Gasteiger partial charge in [0.2, 0.25) is 0 Å². The molecule has 0 unspecified atom stereocenters. The molecule has 11 rings (SSSR count). The molecule has 11 aromatic carbocycles. The first kappa shape index (κ1) is 31.3. The third-order valence-corrected chi connectivity index (χ3v) is 11.4. The van der Waals surface area contributed by atoms with E-state index in [1.807, 2.05) is 0 Å². The molecule has 0 bridgehead atoms. The number of anilines is 3. The second-order valence-corrected chi connectivity index (χ2v) is 14.5. The lowest BCUT2D eigenvalue weighted by atomic mass is 9.86. The molecule has 1 nitrogen and oxygen atoms in total. The van der Waals surface area contributed by atoms with Gasteiger partial charge in [0, 0.05) is 17.1 Å². The van der Waals surface area contributed by atoms with Crippen molar-refractivity contribution in [3.8, 4) is 22.3 Å². The van der Waals surface area contributed by atoms with E-state index in [1.54, 1.807) is 0 Å². The Bertz CT molecular complexity index is 3180. The summed E-state index contributed by atoms with van der Waals surface area (Å²) in [7, 11) is 0. The van der Waals surface area contributed by atoms with Crippen LogP contribution in [0.3, 0.4) is 0 Å². The Kier molecular flexibility index (Phi) is 7.25. The van der Waals surface area contributed by atoms with Crippen molar-refractivity contribution < 1.29 is 0 Å². The standard InChI is InChI=1S/C54H35N/c1-3-15-40-32-44(30-24-36(40)12-1)55(45-31-25-37-13-2-4-16-41(37)33-45)43-28-26-39(27-29-43)52-34-42-35-53(47-23-11-17-38-14-5-6-18-46(38)47)49-20-8-10-22-51(49)54(42)50-21-9-7-19-48(50)52/h1-35H. The smallest absolute Gasteiger partial charge is 0.0468 e. The molecule has 55 heavy (non-hydrogen) atoms. The van der Waals surface area contributed by atoms with Crippen molar-refractivity contribution in [2.75, 3.05) is 4.90 Å². The number of hydrogen-bond acceptors (Lipinski definition) is 1. The summed E-state index contributed by atoms with van der Waals surface area (Å²) in [5.41, 5.74) is 8.33. The van der Waals surface area contributed by atoms with Crippen LogP contribution in [-0.2, 0) is 0 Å². The Balaban J connectivity index is 1.10. The molecule has 256 valence electrons. The first-order chi connectivity index (χ1) is 27.3. The van der Waals surface area contributed by atoms with E-state index < -0.39 is 0 Å². The Morgan fingerprint density at radius 1 is 0.236 bits per heavy atom. The number of benzene rings is 11. The lowest BCUT2D eigenvalue weighted by molar-refractivity contribution is 1.29. The number of hydrogen-bond donors (Lipinski definition) is 0. The van der Waals surface area contributed by atoms with Gasteiger partial charge in [-0.1, -0.05) is 164 Å². The Morgan fingerprint density at radius 3 is 1.31 bits per heavy atom. The zero-order chi connectivity index (χ0) is 36.3. The average molecular weight is 698 g/mol. The Labute approximate surface area is 320 Å². The average Bonchev–Trinajstić information content (AvgIpc) is 3.26. The maximum Gasteiger partial charge on any atom is 0.0468 e. The molecule has 0 N–H and O–H groups in total. The van der Waals surface area contributed by atoms with E-state index in [4.69, 9.17) is 0 Å². The zero-order valence-corrected chi connectivity index (χ0v) is 30.2. The Hall–Kier alpha value is -7.22. The fourth-order valence-electron chi connectivity index (χ4n) is 8.77. The maximum absolute atomic E-state index is 2.42. The fraction of sp³-hybridized carbons (Fsp3) is 0. The molecule has 0 heterocycles. The number of fused-ring (bicyclic) bond motifs is 8. The van der Waals surface area contributed by atoms with E-state index >= 15 is 0 Å². The molecule has 0 aliphatic heterocycles. The molecule has 0 amide bonds. The van der Waals surface area contributed by atoms with Gasteiger partial charge >= 0.3 is 0 Å². The fourth-order valence-corrected chi connectivity index (χ4v) is 8.77. The quantitative estimate of drug-likeness (QED) is 0.162. The van der Waals surface area contributed by atoms with Crippen LogP contribution < -0.4 is 4.90 Å². The molecule has 0 atom stereocenters. The topological polar surface area (TPSA) is 3.24 Å². The SMILES string of the molecule is c1ccc2cc(N(c3ccc(-c4cc5cc(-c6cccc7ccccc67)c6ccccc6c5c5ccccc45)cc3)c3ccc4ccccc4c3)ccc2c1. The number of rotatable bonds is 5. The Morgan fingerprint density at radius 2 is 0.691 bits per heavy atom. The predicted molar refractivity (Wildman–Crippen MR) is 237 cm³/mol. The second-order valence-electron chi connectivity index (χ2n) is 14.5. The highest BCUT2D eigenvalue weighted by Gasteiger charge is 2.18. The summed E-state index contributed by atoms with van der Waals surface area (Å²) in [6.07, 6.45) is 0. The van der Waals surface area contributed by atoms with Crippen LogP contribution in [0.25, 0.3) is 86.9 Å². The monoisotopic (exact) mass is 697 g/mol. The van der Waals surface area contributed by atoms with Crippen molar-refractivity contribution in [1.29, 1.82) is 0 Å². The minimum absolute atomic E-state index is 1.11. The van der Waals surface area contributed by atoms with Gasteiger partial charge in [0.05, 0.1) is 0 Å². The van der Waals surface area contributed by atoms with E-state index in [0.29, 0.717) is 0 Å². The molecule has 0 aliphatic carbocycles. The lowest BCUT2D eigenvalue weighted by Crippen LogP contribution is -2.09. The van der Waals surface area contributed by atoms with Gasteiger partial charge in [-0.15, -0.1) is 0 Å². The molecule has 1 heteroatoms. The van der Waals surface area contributed by atoms with Gasteiger partial charge in [-0.2, -0.15) is 0 Å². The van der Waals surface area contributed by atoms with Gasteiger partial charge in [-0.3, -0.25) is 0 Å². The molecule has 0 aliphatic rings. The van der Waals surface area contributed by atoms with Crippen LogP contribution in [0.2, 0.25) is 0 Å². The summed E-state index contributed by atoms with van der Waals surface area (Å²) in [4.78, 5) is 2.38. The highest BCUT2D eigenvalue weighted by Crippen LogP contribution is 2.44. The van der Waals surface area contributed by atoms with Crippen molar-refractivity contribution in [2.45, 2.75) is 0 Å². The zero-order valence-electron chi connectivity index (χ0n) is 30.2. The van der Waals surface area contributed by atoms with Gasteiger partial charge in [0.15, 0.2) is 0 Å². The van der Waals surface area contributed by atoms with Crippen LogP contribution in [0.4, 0.5) is 17.1 Å². The summed E-state index contributed by atoms with van der Waals surface area (Å²) in [5.74, 6) is 0. The summed E-state index contributed by atoms with van der Waals surface area (Å²) >= 11 is 0. The van der Waals surface area contributed by atoms with Crippen molar-refractivity contribution in [2.24, 2.45) is 0 Å². The van der Waals surface area contributed by atoms with Gasteiger partial charge in [0.25, 0.3) is 0 Å². The molecule has 0 radical (unpaired) electrons. The van der Waals surface area contributed by atoms with E-state index in [0.717, 1.165) is 17.1 Å². The normalized spacial score (nSPS) is 11.6. The molecule has 0 aromatic heterocycles. The molecule has 0 saturated heterocycles. The molecule has 0 fully saturated rings. The summed E-state index contributed by atoms with van der Waals surface area (Å²) in [6, 6.07) is 77.9. The molecular formula is C54H35N. The first-order valence-corrected chi connectivity index (χ1v) is 19.0. The molecular weight excluding hydrogens is 663 g/mol. The third kappa shape index (κ3) is 5.24. The summed E-state index contributed by atoms with van der Waals surface area (Å²) in [5, 5.41) is 15.1. The first-order valence-electron chi connectivity index (χ1n) is 19.0. The van der Waals surface area contributed by atoms with E-state index in [2.05, 4.69) is 217 Å². The van der Waals surface area contributed by atoms with Crippen LogP contribution in [0, 0.1) is 0 Å². The van der Waals surface area contributed by atoms with E-state index in [1.165, 1.54) is 86.9 Å². The van der Waals surface area contributed by atoms with Crippen LogP contribution in [-0.4, -0.2) is 0 Å². The van der Waals surface area contributed by atoms with Crippen LogP contribution in [0.1, 0.15) is 0 Å². The summed E-state index contributed by atoms with van der Waals surface area (Å²) in [6.45, 7) is 0. The van der Waals surface area contributed by atoms with Crippen LogP contribution >= 0.6 is 0 Å². The second kappa shape index (κ2) is 12.7. The van der Waals surface area contributed by atoms with Gasteiger partial charge in [0.1, 0.15) is 0 Å². The predicted octanol–water partition coefficient (Wildman–Crippen LogP) is 15.4.